The molecule has 0 radical (unpaired) electrons. The first-order valence-electron chi connectivity index (χ1n) is 10.1. The average molecular weight is 433 g/mol. The first-order chi connectivity index (χ1) is 15.4. The fourth-order valence-electron chi connectivity index (χ4n) is 3.79. The van der Waals surface area contributed by atoms with Crippen LogP contribution in [0.5, 0.6) is 5.75 Å². The highest BCUT2D eigenvalue weighted by molar-refractivity contribution is 5.99. The van der Waals surface area contributed by atoms with Gasteiger partial charge >= 0.3 is 0 Å². The van der Waals surface area contributed by atoms with Gasteiger partial charge in [-0.3, -0.25) is 25.0 Å². The van der Waals surface area contributed by atoms with Crippen LogP contribution in [0, 0.1) is 17.0 Å². The highest BCUT2D eigenvalue weighted by Crippen LogP contribution is 2.24. The number of non-ortho nitro benzene ring substituents is 1. The van der Waals surface area contributed by atoms with Crippen molar-refractivity contribution < 1.29 is 9.66 Å². The Labute approximate surface area is 183 Å². The molecular weight excluding hydrogens is 410 g/mol. The number of aryl methyl sites for hydroxylation is 1. The molecule has 0 spiro atoms. The molecule has 32 heavy (non-hydrogen) atoms. The maximum atomic E-state index is 13.0. The van der Waals surface area contributed by atoms with Gasteiger partial charge in [0, 0.05) is 47.2 Å². The first kappa shape index (κ1) is 21.1. The van der Waals surface area contributed by atoms with E-state index in [1.807, 2.05) is 38.2 Å². The van der Waals surface area contributed by atoms with Gasteiger partial charge in [-0.05, 0) is 56.2 Å². The summed E-state index contributed by atoms with van der Waals surface area (Å²) in [6.07, 6.45) is 2.68. The molecule has 0 aliphatic carbocycles. The minimum Gasteiger partial charge on any atom is -0.497 e. The molecule has 2 N–H and O–H groups in total. The Bertz CT molecular complexity index is 1380. The molecule has 164 valence electrons. The Kier molecular flexibility index (Phi) is 5.63. The van der Waals surface area contributed by atoms with Gasteiger partial charge in [0.1, 0.15) is 5.75 Å². The molecule has 0 amide bonds. The van der Waals surface area contributed by atoms with Crippen LogP contribution in [0.1, 0.15) is 23.7 Å². The topological polar surface area (TPSA) is 118 Å². The quantitative estimate of drug-likeness (QED) is 0.261. The van der Waals surface area contributed by atoms with Crippen LogP contribution in [0.15, 0.2) is 58.4 Å². The van der Waals surface area contributed by atoms with Crippen LogP contribution in [-0.4, -0.2) is 39.1 Å². The lowest BCUT2D eigenvalue weighted by Gasteiger charge is -2.02. The number of nitro groups is 1. The van der Waals surface area contributed by atoms with Crippen molar-refractivity contribution in [3.8, 4) is 11.4 Å². The Hall–Kier alpha value is -4.14. The highest BCUT2D eigenvalue weighted by Gasteiger charge is 2.16. The van der Waals surface area contributed by atoms with E-state index in [9.17, 15) is 14.9 Å². The molecule has 9 heteroatoms. The van der Waals surface area contributed by atoms with E-state index >= 15 is 0 Å². The second kappa shape index (κ2) is 8.54. The normalized spacial score (nSPS) is 11.8. The number of aromatic nitrogens is 3. The predicted molar refractivity (Wildman–Crippen MR) is 123 cm³/mol. The Morgan fingerprint density at radius 2 is 1.97 bits per heavy atom. The fraction of sp³-hybridized carbons (Fsp3) is 0.217. The van der Waals surface area contributed by atoms with Crippen LogP contribution < -0.4 is 10.3 Å². The summed E-state index contributed by atoms with van der Waals surface area (Å²) < 4.78 is 6.69. The minimum atomic E-state index is -0.474. The van der Waals surface area contributed by atoms with E-state index in [1.54, 1.807) is 7.11 Å². The number of aromatic amines is 2. The van der Waals surface area contributed by atoms with Crippen molar-refractivity contribution in [2.75, 3.05) is 13.7 Å². The number of hydrogen-bond acceptors (Lipinski definition) is 5. The molecule has 2 aromatic carbocycles. The van der Waals surface area contributed by atoms with Crippen molar-refractivity contribution >= 4 is 22.3 Å². The summed E-state index contributed by atoms with van der Waals surface area (Å²) in [5, 5.41) is 15.0. The van der Waals surface area contributed by atoms with Crippen molar-refractivity contribution in [3.63, 3.8) is 0 Å². The van der Waals surface area contributed by atoms with E-state index in [0.29, 0.717) is 35.6 Å². The molecule has 0 saturated carbocycles. The summed E-state index contributed by atoms with van der Waals surface area (Å²) in [7, 11) is 1.64. The molecule has 9 nitrogen and oxygen atoms in total. The summed E-state index contributed by atoms with van der Waals surface area (Å²) in [6.45, 7) is 4.15. The lowest BCUT2D eigenvalue weighted by atomic mass is 10.1. The molecule has 0 unspecified atom stereocenters. The second-order valence-corrected chi connectivity index (χ2v) is 7.47. The number of rotatable bonds is 7. The van der Waals surface area contributed by atoms with Gasteiger partial charge in [-0.25, -0.2) is 4.68 Å². The molecule has 2 aromatic heterocycles. The Balaban J connectivity index is 1.55. The van der Waals surface area contributed by atoms with Crippen molar-refractivity contribution in [3.05, 3.63) is 86.0 Å². The van der Waals surface area contributed by atoms with Crippen LogP contribution in [0.25, 0.3) is 16.6 Å². The van der Waals surface area contributed by atoms with Gasteiger partial charge in [-0.15, -0.1) is 0 Å². The number of benzene rings is 2. The third-order valence-corrected chi connectivity index (χ3v) is 5.46. The highest BCUT2D eigenvalue weighted by atomic mass is 16.6. The molecule has 4 rings (SSSR count). The van der Waals surface area contributed by atoms with Crippen molar-refractivity contribution in [1.82, 2.24) is 14.8 Å². The molecule has 2 heterocycles. The van der Waals surface area contributed by atoms with Crippen molar-refractivity contribution in [1.29, 1.82) is 0 Å². The zero-order valence-corrected chi connectivity index (χ0v) is 18.0. The fourth-order valence-corrected chi connectivity index (χ4v) is 3.79. The van der Waals surface area contributed by atoms with Crippen LogP contribution in [0.4, 0.5) is 5.69 Å². The summed E-state index contributed by atoms with van der Waals surface area (Å²) in [5.41, 5.74) is 4.25. The number of ether oxygens (including phenoxy) is 1. The van der Waals surface area contributed by atoms with Gasteiger partial charge in [0.05, 0.1) is 23.3 Å². The van der Waals surface area contributed by atoms with Gasteiger partial charge in [0.15, 0.2) is 0 Å². The van der Waals surface area contributed by atoms with Gasteiger partial charge in [-0.2, -0.15) is 0 Å². The third kappa shape index (κ3) is 3.92. The maximum absolute atomic E-state index is 13.0. The predicted octanol–water partition coefficient (Wildman–Crippen LogP) is 3.92. The molecule has 0 saturated heterocycles. The Morgan fingerprint density at radius 3 is 2.66 bits per heavy atom. The van der Waals surface area contributed by atoms with E-state index in [1.165, 1.54) is 28.9 Å². The van der Waals surface area contributed by atoms with E-state index < -0.39 is 4.92 Å². The number of aliphatic imine (C=N–C) groups is 1. The van der Waals surface area contributed by atoms with Gasteiger partial charge < -0.3 is 9.72 Å². The number of nitrogens with zero attached hydrogens (tertiary/aromatic N) is 3. The standard InChI is InChI=1S/C23H23N5O4/c1-14(24-11-10-16-13-25-21-9-8-19(32-3)12-20(16)21)22-15(2)26-27(23(22)29)17-4-6-18(7-5-17)28(30)31/h4-9,12-13,25-26H,10-11H2,1-3H3. The lowest BCUT2D eigenvalue weighted by molar-refractivity contribution is -0.384. The van der Waals surface area contributed by atoms with Crippen LogP contribution in [0.3, 0.4) is 0 Å². The molecule has 0 atom stereocenters. The zero-order valence-electron chi connectivity index (χ0n) is 18.0. The summed E-state index contributed by atoms with van der Waals surface area (Å²) in [6, 6.07) is 11.7. The van der Waals surface area contributed by atoms with E-state index in [-0.39, 0.29) is 11.2 Å². The van der Waals surface area contributed by atoms with Gasteiger partial charge in [0.25, 0.3) is 11.2 Å². The smallest absolute Gasteiger partial charge is 0.280 e. The summed E-state index contributed by atoms with van der Waals surface area (Å²) >= 11 is 0. The molecule has 0 fully saturated rings. The third-order valence-electron chi connectivity index (χ3n) is 5.46. The van der Waals surface area contributed by atoms with E-state index in [0.717, 1.165) is 22.2 Å². The number of H-pyrrole nitrogens is 2. The maximum Gasteiger partial charge on any atom is 0.280 e. The summed E-state index contributed by atoms with van der Waals surface area (Å²) in [4.78, 5) is 31.3. The first-order valence-corrected chi connectivity index (χ1v) is 10.1. The SMILES string of the molecule is COc1ccc2[nH]cc(CCN=C(C)c3c(C)[nH]n(-c4ccc([N+](=O)[O-])cc4)c3=O)c2c1. The van der Waals surface area contributed by atoms with Crippen LogP contribution in [0.2, 0.25) is 0 Å². The van der Waals surface area contributed by atoms with Gasteiger partial charge in [-0.1, -0.05) is 0 Å². The molecule has 4 aromatic rings. The van der Waals surface area contributed by atoms with Crippen LogP contribution in [-0.2, 0) is 6.42 Å². The summed E-state index contributed by atoms with van der Waals surface area (Å²) in [5.74, 6) is 0.799. The monoisotopic (exact) mass is 433 g/mol. The zero-order chi connectivity index (χ0) is 22.8. The number of methoxy groups -OCH3 is 1. The molecule has 0 bridgehead atoms. The van der Waals surface area contributed by atoms with Gasteiger partial charge in [0.2, 0.25) is 0 Å². The van der Waals surface area contributed by atoms with Crippen molar-refractivity contribution in [2.45, 2.75) is 20.3 Å². The second-order valence-electron chi connectivity index (χ2n) is 7.47. The largest absolute Gasteiger partial charge is 0.497 e. The number of nitrogens with one attached hydrogen (secondary N) is 2. The number of nitro benzene ring substituents is 1. The minimum absolute atomic E-state index is 0.0297. The van der Waals surface area contributed by atoms with Crippen molar-refractivity contribution in [2.24, 2.45) is 4.99 Å². The molecule has 0 aliphatic heterocycles. The average Bonchev–Trinajstić information content (AvgIpc) is 3.33. The number of hydrogen-bond donors (Lipinski definition) is 2. The van der Waals surface area contributed by atoms with E-state index in [2.05, 4.69) is 15.1 Å². The van der Waals surface area contributed by atoms with E-state index in [4.69, 9.17) is 4.74 Å². The Morgan fingerprint density at radius 1 is 1.22 bits per heavy atom. The van der Waals surface area contributed by atoms with Crippen LogP contribution >= 0.6 is 0 Å². The molecular formula is C23H23N5O4. The lowest BCUT2D eigenvalue weighted by Crippen LogP contribution is -2.20. The number of fused-ring (bicyclic) bond motifs is 1. The molecule has 0 aliphatic rings.